The summed E-state index contributed by atoms with van der Waals surface area (Å²) in [5.74, 6) is 0. The van der Waals surface area contributed by atoms with Gasteiger partial charge in [0.05, 0.1) is 0 Å². The number of nitrogens with two attached hydrogens (primary N) is 1. The van der Waals surface area contributed by atoms with E-state index in [0.29, 0.717) is 0 Å². The van der Waals surface area contributed by atoms with Crippen molar-refractivity contribution < 1.29 is 19.6 Å². The highest BCUT2D eigenvalue weighted by Gasteiger charge is 2.12. The van der Waals surface area contributed by atoms with Crippen LogP contribution >= 0.6 is 0 Å². The van der Waals surface area contributed by atoms with Gasteiger partial charge in [-0.3, -0.25) is 0 Å². The fraction of sp³-hybridized carbons (Fsp3) is 0.800. The minimum absolute atomic E-state index is 0. The quantitative estimate of drug-likeness (QED) is 0.414. The van der Waals surface area contributed by atoms with E-state index in [-0.39, 0.29) is 7.69 Å². The molecule has 0 aliphatic carbocycles. The van der Waals surface area contributed by atoms with Crippen LogP contribution in [0.5, 0.6) is 0 Å². The molecule has 65 valence electrons. The Hall–Kier alpha value is -0.745. The van der Waals surface area contributed by atoms with E-state index in [1.54, 1.807) is 20.8 Å². The predicted octanol–water partition coefficient (Wildman–Crippen LogP) is -0.615. The highest BCUT2D eigenvalue weighted by Crippen LogP contribution is 2.04. The van der Waals surface area contributed by atoms with Gasteiger partial charge in [-0.15, -0.1) is 0 Å². The van der Waals surface area contributed by atoms with Crippen LogP contribution in [0.3, 0.4) is 0 Å². The SMILES string of the molecule is CC(C)(C)OC(N)=O.O[B]O. The van der Waals surface area contributed by atoms with Crippen molar-refractivity contribution in [3.63, 3.8) is 0 Å². The highest BCUT2D eigenvalue weighted by molar-refractivity contribution is 6.13. The molecule has 5 nitrogen and oxygen atoms in total. The highest BCUT2D eigenvalue weighted by atomic mass is 16.6. The molecule has 0 bridgehead atoms. The summed E-state index contributed by atoms with van der Waals surface area (Å²) < 4.78 is 4.58. The molecule has 0 saturated carbocycles. The number of rotatable bonds is 0. The Morgan fingerprint density at radius 3 is 1.73 bits per heavy atom. The largest absolute Gasteiger partial charge is 0.482 e. The molecule has 11 heavy (non-hydrogen) atoms. The van der Waals surface area contributed by atoms with Crippen LogP contribution in [0.1, 0.15) is 20.8 Å². The van der Waals surface area contributed by atoms with E-state index < -0.39 is 11.7 Å². The molecule has 0 aromatic carbocycles. The Kier molecular flexibility index (Phi) is 7.03. The monoisotopic (exact) mass is 162 g/mol. The lowest BCUT2D eigenvalue weighted by Gasteiger charge is -2.16. The average Bonchev–Trinajstić information content (AvgIpc) is 1.57. The Morgan fingerprint density at radius 2 is 1.73 bits per heavy atom. The topological polar surface area (TPSA) is 92.8 Å². The van der Waals surface area contributed by atoms with Crippen molar-refractivity contribution in [2.75, 3.05) is 0 Å². The van der Waals surface area contributed by atoms with Crippen LogP contribution in [0, 0.1) is 0 Å². The number of carbonyl (C=O) groups excluding carboxylic acids is 1. The van der Waals surface area contributed by atoms with E-state index in [4.69, 9.17) is 15.8 Å². The van der Waals surface area contributed by atoms with Crippen LogP contribution in [0.2, 0.25) is 0 Å². The number of amides is 1. The maximum Gasteiger partial charge on any atom is 0.482 e. The van der Waals surface area contributed by atoms with Gasteiger partial charge in [-0.05, 0) is 20.8 Å². The van der Waals surface area contributed by atoms with Gasteiger partial charge in [0.1, 0.15) is 5.60 Å². The maximum atomic E-state index is 10.0. The van der Waals surface area contributed by atoms with E-state index >= 15 is 0 Å². The number of primary amides is 1. The zero-order chi connectivity index (χ0) is 9.49. The molecule has 1 amide bonds. The molecule has 1 radical (unpaired) electrons. The van der Waals surface area contributed by atoms with Crippen LogP contribution in [0.25, 0.3) is 0 Å². The van der Waals surface area contributed by atoms with Gasteiger partial charge in [0.2, 0.25) is 0 Å². The Bertz CT molecular complexity index is 112. The number of hydrogen-bond donors (Lipinski definition) is 3. The third-order valence-corrected chi connectivity index (χ3v) is 0.407. The minimum atomic E-state index is -0.725. The predicted molar refractivity (Wildman–Crippen MR) is 40.6 cm³/mol. The smallest absolute Gasteiger partial charge is 0.444 e. The van der Waals surface area contributed by atoms with Crippen LogP contribution < -0.4 is 5.73 Å². The summed E-state index contributed by atoms with van der Waals surface area (Å²) in [6.07, 6.45) is -0.725. The minimum Gasteiger partial charge on any atom is -0.444 e. The number of ether oxygens (including phenoxy) is 1. The normalized spacial score (nSPS) is 9.18. The van der Waals surface area contributed by atoms with Crippen LogP contribution in [0.4, 0.5) is 4.79 Å². The Balaban J connectivity index is 0. The molecule has 0 fully saturated rings. The maximum absolute atomic E-state index is 10.0. The summed E-state index contributed by atoms with van der Waals surface area (Å²) in [7, 11) is 0. The second-order valence-corrected chi connectivity index (χ2v) is 2.65. The summed E-state index contributed by atoms with van der Waals surface area (Å²) in [4.78, 5) is 10.0. The summed E-state index contributed by atoms with van der Waals surface area (Å²) in [5, 5.41) is 14.0. The van der Waals surface area contributed by atoms with Crippen molar-refractivity contribution in [1.29, 1.82) is 0 Å². The zero-order valence-corrected chi connectivity index (χ0v) is 6.87. The zero-order valence-electron chi connectivity index (χ0n) is 6.87. The van der Waals surface area contributed by atoms with Crippen molar-refractivity contribution >= 4 is 13.8 Å². The molecule has 4 N–H and O–H groups in total. The molecule has 6 heteroatoms. The first kappa shape index (κ1) is 12.9. The van der Waals surface area contributed by atoms with Gasteiger partial charge >= 0.3 is 13.8 Å². The van der Waals surface area contributed by atoms with E-state index in [1.165, 1.54) is 0 Å². The van der Waals surface area contributed by atoms with Crippen molar-refractivity contribution in [3.05, 3.63) is 0 Å². The van der Waals surface area contributed by atoms with Crippen LogP contribution in [-0.2, 0) is 4.74 Å². The summed E-state index contributed by atoms with van der Waals surface area (Å²) in [6.45, 7) is 5.28. The Morgan fingerprint density at radius 1 is 1.45 bits per heavy atom. The van der Waals surface area contributed by atoms with Gasteiger partial charge in [-0.25, -0.2) is 4.79 Å². The van der Waals surface area contributed by atoms with Gasteiger partial charge in [0.15, 0.2) is 0 Å². The molecule has 0 aliphatic heterocycles. The third kappa shape index (κ3) is 26.9. The molecule has 0 heterocycles. The van der Waals surface area contributed by atoms with E-state index in [2.05, 4.69) is 4.74 Å². The van der Waals surface area contributed by atoms with Crippen molar-refractivity contribution in [2.24, 2.45) is 5.73 Å². The summed E-state index contributed by atoms with van der Waals surface area (Å²) >= 11 is 0. The lowest BCUT2D eigenvalue weighted by atomic mass is 10.2. The van der Waals surface area contributed by atoms with Crippen LogP contribution in [-0.4, -0.2) is 29.4 Å². The van der Waals surface area contributed by atoms with E-state index in [1.807, 2.05) is 0 Å². The van der Waals surface area contributed by atoms with Gasteiger partial charge < -0.3 is 20.5 Å². The third-order valence-electron chi connectivity index (χ3n) is 0.407. The molecule has 0 aromatic heterocycles. The fourth-order valence-electron chi connectivity index (χ4n) is 0.302. The van der Waals surface area contributed by atoms with E-state index in [0.717, 1.165) is 0 Å². The molecule has 0 aromatic rings. The second kappa shape index (κ2) is 6.00. The lowest BCUT2D eigenvalue weighted by Crippen LogP contribution is -2.27. The van der Waals surface area contributed by atoms with Gasteiger partial charge in [-0.1, -0.05) is 0 Å². The van der Waals surface area contributed by atoms with E-state index in [9.17, 15) is 4.79 Å². The molecular formula is C5H13BNO4. The van der Waals surface area contributed by atoms with Gasteiger partial charge in [-0.2, -0.15) is 0 Å². The molecular weight excluding hydrogens is 149 g/mol. The second-order valence-electron chi connectivity index (χ2n) is 2.65. The standard InChI is InChI=1S/C5H11NO2.BH2O2/c1-5(2,3)8-4(6)7;2-1-3/h1-3H3,(H2,6,7);2-3H. The first-order valence-electron chi connectivity index (χ1n) is 2.92. The first-order chi connectivity index (χ1) is 4.83. The molecule has 0 aliphatic rings. The van der Waals surface area contributed by atoms with Gasteiger partial charge in [0, 0.05) is 0 Å². The molecule has 0 atom stereocenters. The number of hydrogen-bond acceptors (Lipinski definition) is 4. The number of carbonyl (C=O) groups is 1. The van der Waals surface area contributed by atoms with Crippen LogP contribution in [0.15, 0.2) is 0 Å². The molecule has 0 rings (SSSR count). The van der Waals surface area contributed by atoms with Crippen molar-refractivity contribution in [3.8, 4) is 0 Å². The molecule has 0 saturated heterocycles. The van der Waals surface area contributed by atoms with Gasteiger partial charge in [0.25, 0.3) is 0 Å². The fourth-order valence-corrected chi connectivity index (χ4v) is 0.302. The molecule has 0 spiro atoms. The summed E-state index contributed by atoms with van der Waals surface area (Å²) in [6, 6.07) is 0. The van der Waals surface area contributed by atoms with Crippen molar-refractivity contribution in [2.45, 2.75) is 26.4 Å². The average molecular weight is 162 g/mol. The Labute approximate surface area is 66.5 Å². The lowest BCUT2D eigenvalue weighted by molar-refractivity contribution is 0.0600. The first-order valence-corrected chi connectivity index (χ1v) is 2.92. The molecule has 0 unspecified atom stereocenters. The summed E-state index contributed by atoms with van der Waals surface area (Å²) in [5.41, 5.74) is 4.26. The van der Waals surface area contributed by atoms with Crippen molar-refractivity contribution in [1.82, 2.24) is 0 Å².